The quantitative estimate of drug-likeness (QED) is 0.822. The Morgan fingerprint density at radius 1 is 1.50 bits per heavy atom. The van der Waals surface area contributed by atoms with Gasteiger partial charge in [-0.25, -0.2) is 4.98 Å². The van der Waals surface area contributed by atoms with Gasteiger partial charge in [-0.2, -0.15) is 0 Å². The number of aromatic nitrogens is 1. The molecule has 1 saturated carbocycles. The molecule has 0 radical (unpaired) electrons. The lowest BCUT2D eigenvalue weighted by Crippen LogP contribution is -2.33. The van der Waals surface area contributed by atoms with E-state index in [0.717, 1.165) is 17.5 Å². The van der Waals surface area contributed by atoms with Crippen molar-refractivity contribution in [3.63, 3.8) is 0 Å². The fourth-order valence-corrected chi connectivity index (χ4v) is 3.22. The molecule has 1 aromatic heterocycles. The first-order valence-corrected chi connectivity index (χ1v) is 6.20. The smallest absolute Gasteiger partial charge is 0.131 e. The van der Waals surface area contributed by atoms with Crippen LogP contribution < -0.4 is 10.6 Å². The van der Waals surface area contributed by atoms with Crippen molar-refractivity contribution in [2.45, 2.75) is 38.8 Å². The third kappa shape index (κ3) is 1.50. The molecule has 0 aromatic carbocycles. The largest absolute Gasteiger partial charge is 0.353 e. The van der Waals surface area contributed by atoms with Gasteiger partial charge >= 0.3 is 0 Å². The van der Waals surface area contributed by atoms with Crippen LogP contribution in [0, 0.1) is 12.8 Å². The number of hydrogen-bond acceptors (Lipinski definition) is 3. The first-order valence-electron chi connectivity index (χ1n) is 6.20. The highest BCUT2D eigenvalue weighted by Gasteiger charge is 2.38. The van der Waals surface area contributed by atoms with Crippen LogP contribution >= 0.6 is 0 Å². The van der Waals surface area contributed by atoms with Gasteiger partial charge in [0.15, 0.2) is 0 Å². The van der Waals surface area contributed by atoms with Gasteiger partial charge in [0.1, 0.15) is 5.82 Å². The second kappa shape index (κ2) is 3.74. The molecule has 1 aliphatic carbocycles. The van der Waals surface area contributed by atoms with Crippen molar-refractivity contribution in [3.05, 3.63) is 23.4 Å². The summed E-state index contributed by atoms with van der Waals surface area (Å²) in [4.78, 5) is 7.10. The minimum Gasteiger partial charge on any atom is -0.353 e. The molecule has 86 valence electrons. The maximum atomic E-state index is 5.63. The van der Waals surface area contributed by atoms with Gasteiger partial charge in [0, 0.05) is 25.3 Å². The van der Waals surface area contributed by atoms with Gasteiger partial charge in [0.25, 0.3) is 0 Å². The van der Waals surface area contributed by atoms with Crippen LogP contribution in [0.5, 0.6) is 0 Å². The summed E-state index contributed by atoms with van der Waals surface area (Å²) in [7, 11) is 0. The van der Waals surface area contributed by atoms with Crippen LogP contribution in [0.4, 0.5) is 5.82 Å². The van der Waals surface area contributed by atoms with Crippen molar-refractivity contribution in [1.82, 2.24) is 4.98 Å². The summed E-state index contributed by atoms with van der Waals surface area (Å²) < 4.78 is 0. The van der Waals surface area contributed by atoms with E-state index in [1.54, 1.807) is 0 Å². The van der Waals surface area contributed by atoms with E-state index < -0.39 is 0 Å². The lowest BCUT2D eigenvalue weighted by atomic mass is 10.1. The summed E-state index contributed by atoms with van der Waals surface area (Å²) in [6, 6.07) is 2.92. The van der Waals surface area contributed by atoms with E-state index in [9.17, 15) is 0 Å². The number of fused-ring (bicyclic) bond motifs is 2. The van der Waals surface area contributed by atoms with E-state index in [2.05, 4.69) is 22.9 Å². The minimum atomic E-state index is 0.584. The van der Waals surface area contributed by atoms with E-state index in [1.165, 1.54) is 37.2 Å². The van der Waals surface area contributed by atoms with Crippen LogP contribution in [0.1, 0.15) is 30.4 Å². The number of nitrogens with two attached hydrogens (primary N) is 1. The van der Waals surface area contributed by atoms with Crippen molar-refractivity contribution < 1.29 is 0 Å². The Morgan fingerprint density at radius 3 is 2.94 bits per heavy atom. The summed E-state index contributed by atoms with van der Waals surface area (Å²) in [5, 5.41) is 0. The van der Waals surface area contributed by atoms with Gasteiger partial charge in [0.2, 0.25) is 0 Å². The molecular weight excluding hydrogens is 198 g/mol. The molecule has 2 aliphatic rings. The Kier molecular flexibility index (Phi) is 2.36. The van der Waals surface area contributed by atoms with E-state index in [-0.39, 0.29) is 0 Å². The molecule has 1 aliphatic heterocycles. The molecule has 3 rings (SSSR count). The third-order valence-electron chi connectivity index (χ3n) is 4.02. The van der Waals surface area contributed by atoms with E-state index in [1.807, 2.05) is 6.20 Å². The molecular formula is C13H19N3. The zero-order valence-electron chi connectivity index (χ0n) is 9.82. The molecule has 0 spiro atoms. The van der Waals surface area contributed by atoms with Crippen LogP contribution in [0.2, 0.25) is 0 Å². The molecule has 3 heteroatoms. The monoisotopic (exact) mass is 217 g/mol. The number of piperidine rings is 1. The molecule has 0 amide bonds. The van der Waals surface area contributed by atoms with Crippen LogP contribution in [0.3, 0.4) is 0 Å². The van der Waals surface area contributed by atoms with Crippen molar-refractivity contribution >= 4 is 5.82 Å². The van der Waals surface area contributed by atoms with Crippen molar-refractivity contribution in [2.24, 2.45) is 11.7 Å². The molecule has 1 aromatic rings. The SMILES string of the molecule is Cc1cc(CN)cnc1N1CC2CCC1C2. The van der Waals surface area contributed by atoms with Crippen molar-refractivity contribution in [2.75, 3.05) is 11.4 Å². The Balaban J connectivity index is 1.89. The number of pyridine rings is 1. The number of nitrogens with zero attached hydrogens (tertiary/aromatic N) is 2. The maximum absolute atomic E-state index is 5.63. The number of anilines is 1. The molecule has 2 atom stereocenters. The zero-order valence-corrected chi connectivity index (χ0v) is 9.82. The Hall–Kier alpha value is -1.09. The Bertz CT molecular complexity index is 402. The van der Waals surface area contributed by atoms with E-state index >= 15 is 0 Å². The van der Waals surface area contributed by atoms with Gasteiger partial charge in [-0.1, -0.05) is 0 Å². The summed E-state index contributed by atoms with van der Waals surface area (Å²) in [6.07, 6.45) is 6.07. The number of aryl methyl sites for hydroxylation is 1. The van der Waals surface area contributed by atoms with Crippen LogP contribution in [-0.2, 0) is 6.54 Å². The van der Waals surface area contributed by atoms with Crippen LogP contribution in [0.25, 0.3) is 0 Å². The highest BCUT2D eigenvalue weighted by molar-refractivity contribution is 5.50. The fourth-order valence-electron chi connectivity index (χ4n) is 3.22. The van der Waals surface area contributed by atoms with Gasteiger partial charge in [-0.15, -0.1) is 0 Å². The Labute approximate surface area is 96.7 Å². The molecule has 2 unspecified atom stereocenters. The molecule has 3 nitrogen and oxygen atoms in total. The van der Waals surface area contributed by atoms with Gasteiger partial charge in [-0.3, -0.25) is 0 Å². The lowest BCUT2D eigenvalue weighted by molar-refractivity contribution is 0.549. The van der Waals surface area contributed by atoms with Gasteiger partial charge in [0.05, 0.1) is 0 Å². The van der Waals surface area contributed by atoms with E-state index in [0.29, 0.717) is 6.54 Å². The first-order chi connectivity index (χ1) is 7.78. The first kappa shape index (κ1) is 10.1. The van der Waals surface area contributed by atoms with Crippen LogP contribution in [0.15, 0.2) is 12.3 Å². The summed E-state index contributed by atoms with van der Waals surface area (Å²) >= 11 is 0. The normalized spacial score (nSPS) is 27.8. The van der Waals surface area contributed by atoms with Crippen molar-refractivity contribution in [1.29, 1.82) is 0 Å². The predicted molar refractivity (Wildman–Crippen MR) is 65.3 cm³/mol. The number of hydrogen-bond donors (Lipinski definition) is 1. The zero-order chi connectivity index (χ0) is 11.1. The molecule has 1 saturated heterocycles. The Morgan fingerprint density at radius 2 is 2.38 bits per heavy atom. The fraction of sp³-hybridized carbons (Fsp3) is 0.615. The van der Waals surface area contributed by atoms with Gasteiger partial charge < -0.3 is 10.6 Å². The molecule has 2 fully saturated rings. The number of rotatable bonds is 2. The highest BCUT2D eigenvalue weighted by Crippen LogP contribution is 2.40. The molecule has 2 bridgehead atoms. The summed E-state index contributed by atoms with van der Waals surface area (Å²) in [5.41, 5.74) is 8.03. The van der Waals surface area contributed by atoms with E-state index in [4.69, 9.17) is 5.73 Å². The second-order valence-corrected chi connectivity index (χ2v) is 5.17. The van der Waals surface area contributed by atoms with Gasteiger partial charge in [-0.05, 0) is 49.3 Å². The van der Waals surface area contributed by atoms with Crippen molar-refractivity contribution in [3.8, 4) is 0 Å². The predicted octanol–water partition coefficient (Wildman–Crippen LogP) is 1.84. The summed E-state index contributed by atoms with van der Waals surface area (Å²) in [5.74, 6) is 2.10. The topological polar surface area (TPSA) is 42.1 Å². The molecule has 16 heavy (non-hydrogen) atoms. The average molecular weight is 217 g/mol. The third-order valence-corrected chi connectivity index (χ3v) is 4.02. The lowest BCUT2D eigenvalue weighted by Gasteiger charge is -2.29. The standard InChI is InChI=1S/C13H19N3/c1-9-4-11(6-14)7-15-13(9)16-8-10-2-3-12(16)5-10/h4,7,10,12H,2-3,5-6,8,14H2,1H3. The maximum Gasteiger partial charge on any atom is 0.131 e. The van der Waals surface area contributed by atoms with Crippen LogP contribution in [-0.4, -0.2) is 17.6 Å². The molecule has 2 heterocycles. The minimum absolute atomic E-state index is 0.584. The highest BCUT2D eigenvalue weighted by atomic mass is 15.2. The second-order valence-electron chi connectivity index (χ2n) is 5.17. The average Bonchev–Trinajstić information content (AvgIpc) is 2.90. The summed E-state index contributed by atoms with van der Waals surface area (Å²) in [6.45, 7) is 3.94. The molecule has 2 N–H and O–H groups in total.